The molecule has 0 aromatic rings. The second-order valence-electron chi connectivity index (χ2n) is 4.27. The van der Waals surface area contributed by atoms with Crippen LogP contribution >= 0.6 is 0 Å². The van der Waals surface area contributed by atoms with Crippen LogP contribution in [-0.2, 0) is 0 Å². The van der Waals surface area contributed by atoms with Gasteiger partial charge in [0, 0.05) is 0 Å². The Bertz CT molecular complexity index is 139. The molecular formula is C10H19NO. The van der Waals surface area contributed by atoms with E-state index in [4.69, 9.17) is 0 Å². The van der Waals surface area contributed by atoms with Crippen molar-refractivity contribution in [3.05, 3.63) is 0 Å². The zero-order valence-electron chi connectivity index (χ0n) is 7.63. The molecule has 0 radical (unpaired) electrons. The predicted octanol–water partition coefficient (Wildman–Crippen LogP) is 1.15. The lowest BCUT2D eigenvalue weighted by atomic mass is 9.74. The average Bonchev–Trinajstić information content (AvgIpc) is 2.03. The molecule has 70 valence electrons. The third kappa shape index (κ3) is 1.64. The molecule has 0 amide bonds. The van der Waals surface area contributed by atoms with E-state index in [2.05, 4.69) is 5.32 Å². The molecule has 12 heavy (non-hydrogen) atoms. The third-order valence-corrected chi connectivity index (χ3v) is 3.50. The molecule has 2 fully saturated rings. The Labute approximate surface area is 74.4 Å². The van der Waals surface area contributed by atoms with Gasteiger partial charge in [-0.3, -0.25) is 0 Å². The Morgan fingerprint density at radius 3 is 2.08 bits per heavy atom. The summed E-state index contributed by atoms with van der Waals surface area (Å²) in [7, 11) is 0. The molecule has 2 nitrogen and oxygen atoms in total. The monoisotopic (exact) mass is 169 g/mol. The summed E-state index contributed by atoms with van der Waals surface area (Å²) in [6.07, 6.45) is 6.25. The van der Waals surface area contributed by atoms with E-state index < -0.39 is 0 Å². The lowest BCUT2D eigenvalue weighted by Gasteiger charge is -2.37. The third-order valence-electron chi connectivity index (χ3n) is 3.50. The van der Waals surface area contributed by atoms with Crippen molar-refractivity contribution in [2.45, 2.75) is 38.2 Å². The first-order valence-electron chi connectivity index (χ1n) is 5.26. The lowest BCUT2D eigenvalue weighted by molar-refractivity contribution is 0.00423. The Morgan fingerprint density at radius 2 is 1.58 bits per heavy atom. The first kappa shape index (κ1) is 8.52. The van der Waals surface area contributed by atoms with Gasteiger partial charge in [0.1, 0.15) is 0 Å². The molecule has 2 rings (SSSR count). The van der Waals surface area contributed by atoms with Gasteiger partial charge in [-0.15, -0.1) is 0 Å². The minimum atomic E-state index is 0.0147. The van der Waals surface area contributed by atoms with Gasteiger partial charge >= 0.3 is 0 Å². The maximum absolute atomic E-state index is 9.97. The van der Waals surface area contributed by atoms with Crippen molar-refractivity contribution in [3.8, 4) is 0 Å². The van der Waals surface area contributed by atoms with Gasteiger partial charge in [0.2, 0.25) is 0 Å². The van der Waals surface area contributed by atoms with E-state index in [1.807, 2.05) is 0 Å². The molecule has 1 aliphatic heterocycles. The molecular weight excluding hydrogens is 150 g/mol. The highest BCUT2D eigenvalue weighted by atomic mass is 16.3. The molecule has 0 aromatic carbocycles. The summed E-state index contributed by atoms with van der Waals surface area (Å²) in [4.78, 5) is 0. The zero-order chi connectivity index (χ0) is 8.39. The van der Waals surface area contributed by atoms with Gasteiger partial charge in [-0.05, 0) is 50.6 Å². The normalized spacial score (nSPS) is 29.8. The fourth-order valence-corrected chi connectivity index (χ4v) is 2.35. The van der Waals surface area contributed by atoms with Gasteiger partial charge in [0.05, 0.1) is 6.10 Å². The molecule has 1 unspecified atom stereocenters. The van der Waals surface area contributed by atoms with E-state index in [9.17, 15) is 5.11 Å². The van der Waals surface area contributed by atoms with Crippen LogP contribution < -0.4 is 5.32 Å². The molecule has 0 aromatic heterocycles. The molecule has 0 bridgehead atoms. The largest absolute Gasteiger partial charge is 0.393 e. The predicted molar refractivity (Wildman–Crippen MR) is 48.9 cm³/mol. The van der Waals surface area contributed by atoms with Gasteiger partial charge in [0.25, 0.3) is 0 Å². The van der Waals surface area contributed by atoms with Crippen molar-refractivity contribution in [3.63, 3.8) is 0 Å². The lowest BCUT2D eigenvalue weighted by Crippen LogP contribution is -2.39. The van der Waals surface area contributed by atoms with E-state index in [-0.39, 0.29) is 6.10 Å². The summed E-state index contributed by atoms with van der Waals surface area (Å²) in [6, 6.07) is 0. The molecule has 2 N–H and O–H groups in total. The van der Waals surface area contributed by atoms with Crippen LogP contribution in [0.5, 0.6) is 0 Å². The summed E-state index contributed by atoms with van der Waals surface area (Å²) in [6.45, 7) is 2.21. The summed E-state index contributed by atoms with van der Waals surface area (Å²) < 4.78 is 0. The van der Waals surface area contributed by atoms with Crippen molar-refractivity contribution < 1.29 is 5.11 Å². The van der Waals surface area contributed by atoms with Crippen molar-refractivity contribution in [1.29, 1.82) is 0 Å². The maximum Gasteiger partial charge on any atom is 0.0597 e. The van der Waals surface area contributed by atoms with Crippen LogP contribution in [0.3, 0.4) is 0 Å². The van der Waals surface area contributed by atoms with E-state index >= 15 is 0 Å². The number of hydrogen-bond donors (Lipinski definition) is 2. The molecule has 1 aliphatic carbocycles. The molecule has 1 saturated heterocycles. The van der Waals surface area contributed by atoms with E-state index in [1.54, 1.807) is 0 Å². The van der Waals surface area contributed by atoms with Crippen LogP contribution in [0.2, 0.25) is 0 Å². The molecule has 0 spiro atoms. The number of aliphatic hydroxyl groups excluding tert-OH is 1. The summed E-state index contributed by atoms with van der Waals surface area (Å²) >= 11 is 0. The van der Waals surface area contributed by atoms with Crippen LogP contribution in [0.15, 0.2) is 0 Å². The van der Waals surface area contributed by atoms with Crippen LogP contribution in [0.1, 0.15) is 32.1 Å². The van der Waals surface area contributed by atoms with E-state index in [1.165, 1.54) is 32.1 Å². The first-order chi connectivity index (χ1) is 5.88. The van der Waals surface area contributed by atoms with Crippen LogP contribution in [0.25, 0.3) is 0 Å². The number of rotatable bonds is 2. The highest BCUT2D eigenvalue weighted by Crippen LogP contribution is 2.34. The first-order valence-corrected chi connectivity index (χ1v) is 5.26. The Hall–Kier alpha value is -0.0800. The molecule has 2 aliphatic rings. The quantitative estimate of drug-likeness (QED) is 0.650. The molecule has 2 heteroatoms. The van der Waals surface area contributed by atoms with Gasteiger partial charge in [-0.25, -0.2) is 0 Å². The SMILES string of the molecule is OC(C1CCC1)C1CCNCC1. The second-order valence-corrected chi connectivity index (χ2v) is 4.27. The fourth-order valence-electron chi connectivity index (χ4n) is 2.35. The highest BCUT2D eigenvalue weighted by Gasteiger charge is 2.31. The summed E-state index contributed by atoms with van der Waals surface area (Å²) in [5.41, 5.74) is 0. The standard InChI is InChI=1S/C10H19NO/c12-10(8-2-1-3-8)9-4-6-11-7-5-9/h8-12H,1-7H2. The van der Waals surface area contributed by atoms with E-state index in [0.717, 1.165) is 13.1 Å². The highest BCUT2D eigenvalue weighted by molar-refractivity contribution is 4.84. The maximum atomic E-state index is 9.97. The van der Waals surface area contributed by atoms with Gasteiger partial charge < -0.3 is 10.4 Å². The van der Waals surface area contributed by atoms with Crippen molar-refractivity contribution >= 4 is 0 Å². The minimum Gasteiger partial charge on any atom is -0.393 e. The van der Waals surface area contributed by atoms with Crippen molar-refractivity contribution in [1.82, 2.24) is 5.32 Å². The average molecular weight is 169 g/mol. The number of piperidine rings is 1. The number of hydrogen-bond acceptors (Lipinski definition) is 2. The number of aliphatic hydroxyl groups is 1. The summed E-state index contributed by atoms with van der Waals surface area (Å²) in [5, 5.41) is 13.3. The van der Waals surface area contributed by atoms with Gasteiger partial charge in [0.15, 0.2) is 0 Å². The van der Waals surface area contributed by atoms with Crippen molar-refractivity contribution in [2.24, 2.45) is 11.8 Å². The fraction of sp³-hybridized carbons (Fsp3) is 1.00. The van der Waals surface area contributed by atoms with Crippen LogP contribution in [0.4, 0.5) is 0 Å². The zero-order valence-corrected chi connectivity index (χ0v) is 7.63. The van der Waals surface area contributed by atoms with Gasteiger partial charge in [-0.1, -0.05) is 6.42 Å². The number of nitrogens with one attached hydrogen (secondary N) is 1. The topological polar surface area (TPSA) is 32.3 Å². The molecule has 1 saturated carbocycles. The Balaban J connectivity index is 1.80. The van der Waals surface area contributed by atoms with Crippen molar-refractivity contribution in [2.75, 3.05) is 13.1 Å². The van der Waals surface area contributed by atoms with Crippen LogP contribution in [0, 0.1) is 11.8 Å². The molecule has 1 atom stereocenters. The van der Waals surface area contributed by atoms with Gasteiger partial charge in [-0.2, -0.15) is 0 Å². The molecule has 1 heterocycles. The van der Waals surface area contributed by atoms with E-state index in [0.29, 0.717) is 11.8 Å². The smallest absolute Gasteiger partial charge is 0.0597 e. The summed E-state index contributed by atoms with van der Waals surface area (Å²) in [5.74, 6) is 1.24. The Morgan fingerprint density at radius 1 is 1.00 bits per heavy atom. The Kier molecular flexibility index (Phi) is 2.66. The minimum absolute atomic E-state index is 0.0147. The van der Waals surface area contributed by atoms with Crippen LogP contribution in [-0.4, -0.2) is 24.3 Å². The second kappa shape index (κ2) is 3.75.